The number of nitrogens with one attached hydrogen (secondary N) is 1. The Morgan fingerprint density at radius 3 is 2.19 bits per heavy atom. The zero-order valence-corrected chi connectivity index (χ0v) is 16.5. The fraction of sp³-hybridized carbons (Fsp3) is 0.579. The number of carbonyl (C=O) groups is 2. The Balaban J connectivity index is 0.00000243. The molecule has 5 nitrogen and oxygen atoms in total. The van der Waals surface area contributed by atoms with Crippen LogP contribution in [0.4, 0.5) is 0 Å². The van der Waals surface area contributed by atoms with Crippen LogP contribution in [0.3, 0.4) is 0 Å². The number of halogens is 2. The predicted molar refractivity (Wildman–Crippen MR) is 106 cm³/mol. The van der Waals surface area contributed by atoms with E-state index in [1.807, 2.05) is 9.80 Å². The van der Waals surface area contributed by atoms with Crippen LogP contribution in [0.15, 0.2) is 24.3 Å². The molecule has 2 fully saturated rings. The first-order chi connectivity index (χ1) is 12.1. The monoisotopic (exact) mass is 399 g/mol. The lowest BCUT2D eigenvalue weighted by Gasteiger charge is -2.35. The van der Waals surface area contributed by atoms with E-state index < -0.39 is 0 Å². The average molecular weight is 400 g/mol. The maximum Gasteiger partial charge on any atom is 0.253 e. The van der Waals surface area contributed by atoms with E-state index in [0.29, 0.717) is 49.1 Å². The summed E-state index contributed by atoms with van der Waals surface area (Å²) >= 11 is 5.87. The molecule has 1 aromatic rings. The summed E-state index contributed by atoms with van der Waals surface area (Å²) in [7, 11) is 0. The second-order valence-electron chi connectivity index (χ2n) is 6.91. The molecule has 0 aliphatic carbocycles. The minimum absolute atomic E-state index is 0. The number of piperazine rings is 1. The Kier molecular flexibility index (Phi) is 8.19. The summed E-state index contributed by atoms with van der Waals surface area (Å²) in [5, 5.41) is 3.98. The van der Waals surface area contributed by atoms with E-state index in [4.69, 9.17) is 11.6 Å². The molecule has 144 valence electrons. The molecule has 0 aromatic heterocycles. The molecule has 26 heavy (non-hydrogen) atoms. The summed E-state index contributed by atoms with van der Waals surface area (Å²) in [5.41, 5.74) is 0.648. The molecule has 0 bridgehead atoms. The van der Waals surface area contributed by atoms with Crippen LogP contribution in [0.25, 0.3) is 0 Å². The molecule has 2 heterocycles. The lowest BCUT2D eigenvalue weighted by molar-refractivity contribution is -0.133. The minimum Gasteiger partial charge on any atom is -0.339 e. The van der Waals surface area contributed by atoms with Crippen LogP contribution >= 0.6 is 24.0 Å². The smallest absolute Gasteiger partial charge is 0.253 e. The topological polar surface area (TPSA) is 52.7 Å². The number of hydrogen-bond acceptors (Lipinski definition) is 3. The van der Waals surface area contributed by atoms with Gasteiger partial charge >= 0.3 is 0 Å². The van der Waals surface area contributed by atoms with Gasteiger partial charge in [-0.15, -0.1) is 12.4 Å². The molecule has 3 rings (SSSR count). The number of piperidine rings is 1. The molecule has 2 aliphatic rings. The Bertz CT molecular complexity index is 595. The van der Waals surface area contributed by atoms with Crippen LogP contribution in [-0.4, -0.2) is 60.9 Å². The van der Waals surface area contributed by atoms with Crippen molar-refractivity contribution in [2.45, 2.75) is 25.7 Å². The fourth-order valence-electron chi connectivity index (χ4n) is 3.59. The highest BCUT2D eigenvalue weighted by Gasteiger charge is 2.25. The fourth-order valence-corrected chi connectivity index (χ4v) is 3.72. The van der Waals surface area contributed by atoms with Gasteiger partial charge in [0, 0.05) is 43.2 Å². The molecule has 0 saturated carbocycles. The molecule has 7 heteroatoms. The second-order valence-corrected chi connectivity index (χ2v) is 7.35. The molecule has 1 aromatic carbocycles. The van der Waals surface area contributed by atoms with Crippen LogP contribution in [-0.2, 0) is 4.79 Å². The van der Waals surface area contributed by atoms with E-state index in [2.05, 4.69) is 5.32 Å². The summed E-state index contributed by atoms with van der Waals surface area (Å²) in [6, 6.07) is 6.97. The Labute approximate surface area is 166 Å². The lowest BCUT2D eigenvalue weighted by atomic mass is 9.93. The Morgan fingerprint density at radius 2 is 1.58 bits per heavy atom. The van der Waals surface area contributed by atoms with Crippen LogP contribution < -0.4 is 5.32 Å². The highest BCUT2D eigenvalue weighted by molar-refractivity contribution is 6.30. The van der Waals surface area contributed by atoms with Gasteiger partial charge in [0.25, 0.3) is 5.91 Å². The van der Waals surface area contributed by atoms with Gasteiger partial charge in [-0.25, -0.2) is 0 Å². The first kappa shape index (κ1) is 21.0. The number of nitrogens with zero attached hydrogens (tertiary/aromatic N) is 2. The van der Waals surface area contributed by atoms with Crippen LogP contribution in [0.2, 0.25) is 5.02 Å². The molecule has 2 aliphatic heterocycles. The first-order valence-corrected chi connectivity index (χ1v) is 9.54. The summed E-state index contributed by atoms with van der Waals surface area (Å²) in [4.78, 5) is 28.6. The van der Waals surface area contributed by atoms with Gasteiger partial charge in [0.15, 0.2) is 0 Å². The third kappa shape index (κ3) is 5.60. The van der Waals surface area contributed by atoms with Crippen molar-refractivity contribution in [3.05, 3.63) is 34.9 Å². The van der Waals surface area contributed by atoms with E-state index in [9.17, 15) is 9.59 Å². The van der Waals surface area contributed by atoms with Crippen molar-refractivity contribution >= 4 is 35.8 Å². The molecule has 0 unspecified atom stereocenters. The highest BCUT2D eigenvalue weighted by atomic mass is 35.5. The summed E-state index contributed by atoms with van der Waals surface area (Å²) < 4.78 is 0. The average Bonchev–Trinajstić information content (AvgIpc) is 2.67. The van der Waals surface area contributed by atoms with E-state index in [0.717, 1.165) is 19.5 Å². The van der Waals surface area contributed by atoms with Crippen molar-refractivity contribution in [2.24, 2.45) is 5.92 Å². The van der Waals surface area contributed by atoms with Crippen molar-refractivity contribution in [3.8, 4) is 0 Å². The number of benzene rings is 1. The zero-order valence-electron chi connectivity index (χ0n) is 15.0. The molecule has 2 amide bonds. The standard InChI is InChI=1S/C19H26ClN3O2.ClH/c20-17-4-2-16(3-5-17)19(25)23-13-11-22(12-14-23)18(24)6-1-15-7-9-21-10-8-15;/h2-5,15,21H,1,6-14H2;1H. The van der Waals surface area contributed by atoms with Gasteiger partial charge in [0.05, 0.1) is 0 Å². The normalized spacial score (nSPS) is 18.3. The number of hydrogen-bond donors (Lipinski definition) is 1. The Morgan fingerprint density at radius 1 is 1.00 bits per heavy atom. The summed E-state index contributed by atoms with van der Waals surface area (Å²) in [5.74, 6) is 0.925. The highest BCUT2D eigenvalue weighted by Crippen LogP contribution is 2.19. The van der Waals surface area contributed by atoms with Crippen LogP contribution in [0.5, 0.6) is 0 Å². The van der Waals surface area contributed by atoms with Crippen molar-refractivity contribution in [1.82, 2.24) is 15.1 Å². The molecular weight excluding hydrogens is 373 g/mol. The maximum absolute atomic E-state index is 12.5. The van der Waals surface area contributed by atoms with Gasteiger partial charge in [0.2, 0.25) is 5.91 Å². The number of carbonyl (C=O) groups excluding carboxylic acids is 2. The largest absolute Gasteiger partial charge is 0.339 e. The number of amides is 2. The molecule has 2 saturated heterocycles. The molecular formula is C19H27Cl2N3O2. The van der Waals surface area contributed by atoms with Crippen LogP contribution in [0.1, 0.15) is 36.0 Å². The van der Waals surface area contributed by atoms with Gasteiger partial charge in [-0.2, -0.15) is 0 Å². The van der Waals surface area contributed by atoms with Crippen molar-refractivity contribution in [1.29, 1.82) is 0 Å². The van der Waals surface area contributed by atoms with E-state index in [1.165, 1.54) is 12.8 Å². The zero-order chi connectivity index (χ0) is 17.6. The van der Waals surface area contributed by atoms with Gasteiger partial charge in [0.1, 0.15) is 0 Å². The quantitative estimate of drug-likeness (QED) is 0.846. The van der Waals surface area contributed by atoms with Gasteiger partial charge in [-0.05, 0) is 62.5 Å². The van der Waals surface area contributed by atoms with E-state index in [1.54, 1.807) is 24.3 Å². The summed E-state index contributed by atoms with van der Waals surface area (Å²) in [6.45, 7) is 4.60. The van der Waals surface area contributed by atoms with Crippen LogP contribution in [0, 0.1) is 5.92 Å². The van der Waals surface area contributed by atoms with Gasteiger partial charge in [-0.3, -0.25) is 9.59 Å². The second kappa shape index (κ2) is 10.1. The number of rotatable bonds is 4. The molecule has 0 spiro atoms. The van der Waals surface area contributed by atoms with Gasteiger partial charge in [-0.1, -0.05) is 11.6 Å². The predicted octanol–water partition coefficient (Wildman–Crippen LogP) is 2.83. The summed E-state index contributed by atoms with van der Waals surface area (Å²) in [6.07, 6.45) is 3.98. The molecule has 0 radical (unpaired) electrons. The minimum atomic E-state index is 0. The van der Waals surface area contributed by atoms with Crippen molar-refractivity contribution in [3.63, 3.8) is 0 Å². The Hall–Kier alpha value is -1.30. The van der Waals surface area contributed by atoms with Crippen molar-refractivity contribution < 1.29 is 9.59 Å². The van der Waals surface area contributed by atoms with E-state index >= 15 is 0 Å². The SMILES string of the molecule is Cl.O=C(CCC1CCNCC1)N1CCN(C(=O)c2ccc(Cl)cc2)CC1. The first-order valence-electron chi connectivity index (χ1n) is 9.17. The van der Waals surface area contributed by atoms with Crippen molar-refractivity contribution in [2.75, 3.05) is 39.3 Å². The maximum atomic E-state index is 12.5. The van der Waals surface area contributed by atoms with E-state index in [-0.39, 0.29) is 24.2 Å². The molecule has 0 atom stereocenters. The lowest BCUT2D eigenvalue weighted by Crippen LogP contribution is -2.50. The molecule has 1 N–H and O–H groups in total. The third-order valence-corrected chi connectivity index (χ3v) is 5.49. The third-order valence-electron chi connectivity index (χ3n) is 5.24. The van der Waals surface area contributed by atoms with Gasteiger partial charge < -0.3 is 15.1 Å².